The van der Waals surface area contributed by atoms with Gasteiger partial charge in [-0.15, -0.1) is 0 Å². The van der Waals surface area contributed by atoms with E-state index >= 15 is 0 Å². The number of methoxy groups -OCH3 is 1. The molecule has 6 heteroatoms. The van der Waals surface area contributed by atoms with Gasteiger partial charge in [-0.05, 0) is 58.9 Å². The summed E-state index contributed by atoms with van der Waals surface area (Å²) >= 11 is 0. The maximum atomic E-state index is 9.04. The van der Waals surface area contributed by atoms with Crippen molar-refractivity contribution >= 4 is 0 Å². The fraction of sp³-hybridized carbons (Fsp3) is 0.281. The van der Waals surface area contributed by atoms with Gasteiger partial charge in [0.1, 0.15) is 0 Å². The van der Waals surface area contributed by atoms with Gasteiger partial charge in [0, 0.05) is 37.3 Å². The van der Waals surface area contributed by atoms with Gasteiger partial charge in [0.25, 0.3) is 0 Å². The number of aliphatic hydroxyl groups is 2. The molecule has 0 saturated carbocycles. The Hall–Kier alpha value is -3.55. The van der Waals surface area contributed by atoms with Gasteiger partial charge >= 0.3 is 0 Å². The molecule has 0 amide bonds. The van der Waals surface area contributed by atoms with Crippen LogP contribution in [0.25, 0.3) is 33.5 Å². The Kier molecular flexibility index (Phi) is 9.62. The molecule has 6 nitrogen and oxygen atoms in total. The minimum Gasteiger partial charge on any atom is -0.481 e. The van der Waals surface area contributed by atoms with Crippen molar-refractivity contribution in [1.82, 2.24) is 15.6 Å². The summed E-state index contributed by atoms with van der Waals surface area (Å²) in [6.07, 6.45) is 0. The second-order valence-corrected chi connectivity index (χ2v) is 9.32. The average molecular weight is 512 g/mol. The highest BCUT2D eigenvalue weighted by atomic mass is 16.5. The lowest BCUT2D eigenvalue weighted by molar-refractivity contribution is 0.291. The van der Waals surface area contributed by atoms with Crippen LogP contribution in [-0.2, 0) is 13.1 Å². The molecule has 0 fully saturated rings. The molecule has 0 aliphatic rings. The van der Waals surface area contributed by atoms with Crippen LogP contribution in [0, 0.1) is 13.8 Å². The Labute approximate surface area is 225 Å². The standard InChI is InChI=1S/C32H37N3O3/c1-22-27(25-12-10-24(11-13-25)20-33-16-18-36)6-4-7-28(22)29-8-5-9-30(23(29)2)31-15-14-26(21-34-17-19-37)32(35-31)38-3/h4-15,33-34,36-37H,16-21H2,1-3H3. The number of aliphatic hydroxyl groups excluding tert-OH is 2. The number of rotatable bonds is 12. The van der Waals surface area contributed by atoms with E-state index in [4.69, 9.17) is 19.9 Å². The van der Waals surface area contributed by atoms with E-state index in [1.807, 2.05) is 12.1 Å². The number of nitrogens with one attached hydrogen (secondary N) is 2. The molecule has 4 aromatic rings. The molecule has 0 atom stereocenters. The second-order valence-electron chi connectivity index (χ2n) is 9.32. The van der Waals surface area contributed by atoms with E-state index in [-0.39, 0.29) is 13.2 Å². The number of ether oxygens (including phenoxy) is 1. The third-order valence-electron chi connectivity index (χ3n) is 6.85. The molecule has 4 rings (SSSR count). The fourth-order valence-electron chi connectivity index (χ4n) is 4.79. The van der Waals surface area contributed by atoms with Crippen LogP contribution in [0.5, 0.6) is 5.88 Å². The molecular formula is C32H37N3O3. The second kappa shape index (κ2) is 13.3. The van der Waals surface area contributed by atoms with Crippen LogP contribution in [0.4, 0.5) is 0 Å². The van der Waals surface area contributed by atoms with Crippen molar-refractivity contribution < 1.29 is 14.9 Å². The van der Waals surface area contributed by atoms with E-state index in [0.717, 1.165) is 23.4 Å². The SMILES string of the molecule is COc1nc(-c2cccc(-c3cccc(-c4ccc(CNCCO)cc4)c3C)c2C)ccc1CNCCO. The fourth-order valence-corrected chi connectivity index (χ4v) is 4.79. The summed E-state index contributed by atoms with van der Waals surface area (Å²) in [7, 11) is 1.64. The minimum absolute atomic E-state index is 0.0919. The Balaban J connectivity index is 1.65. The van der Waals surface area contributed by atoms with Gasteiger partial charge < -0.3 is 25.6 Å². The van der Waals surface area contributed by atoms with E-state index in [2.05, 4.69) is 85.1 Å². The van der Waals surface area contributed by atoms with Crippen LogP contribution in [0.3, 0.4) is 0 Å². The predicted octanol–water partition coefficient (Wildman–Crippen LogP) is 4.87. The molecule has 198 valence electrons. The number of hydrogen-bond donors (Lipinski definition) is 4. The molecule has 4 N–H and O–H groups in total. The number of aromatic nitrogens is 1. The summed E-state index contributed by atoms with van der Waals surface area (Å²) in [5, 5.41) is 24.4. The van der Waals surface area contributed by atoms with Gasteiger partial charge in [-0.1, -0.05) is 66.7 Å². The summed E-state index contributed by atoms with van der Waals surface area (Å²) < 4.78 is 5.58. The highest BCUT2D eigenvalue weighted by Gasteiger charge is 2.15. The lowest BCUT2D eigenvalue weighted by atomic mass is 9.88. The van der Waals surface area contributed by atoms with E-state index < -0.39 is 0 Å². The molecule has 0 bridgehead atoms. The molecule has 0 aliphatic carbocycles. The molecule has 0 unspecified atom stereocenters. The summed E-state index contributed by atoms with van der Waals surface area (Å²) in [6, 6.07) is 25.5. The Bertz CT molecular complexity index is 1350. The van der Waals surface area contributed by atoms with Crippen LogP contribution in [0.2, 0.25) is 0 Å². The van der Waals surface area contributed by atoms with Gasteiger partial charge in [-0.25, -0.2) is 4.98 Å². The summed E-state index contributed by atoms with van der Waals surface area (Å²) in [4.78, 5) is 4.81. The first kappa shape index (κ1) is 27.5. The van der Waals surface area contributed by atoms with Crippen molar-refractivity contribution in [2.75, 3.05) is 33.4 Å². The van der Waals surface area contributed by atoms with Crippen LogP contribution in [-0.4, -0.2) is 48.6 Å². The third-order valence-corrected chi connectivity index (χ3v) is 6.85. The van der Waals surface area contributed by atoms with Gasteiger partial charge in [0.15, 0.2) is 0 Å². The first-order chi connectivity index (χ1) is 18.6. The largest absolute Gasteiger partial charge is 0.481 e. The molecule has 0 radical (unpaired) electrons. The number of nitrogens with zero attached hydrogens (tertiary/aromatic N) is 1. The molecule has 3 aromatic carbocycles. The molecule has 0 saturated heterocycles. The quantitative estimate of drug-likeness (QED) is 0.203. The summed E-state index contributed by atoms with van der Waals surface area (Å²) in [5.41, 5.74) is 11.3. The maximum absolute atomic E-state index is 9.04. The smallest absolute Gasteiger partial charge is 0.218 e. The van der Waals surface area contributed by atoms with Crippen molar-refractivity contribution in [3.05, 3.63) is 95.1 Å². The normalized spacial score (nSPS) is 11.1. The first-order valence-corrected chi connectivity index (χ1v) is 13.0. The van der Waals surface area contributed by atoms with Crippen LogP contribution >= 0.6 is 0 Å². The maximum Gasteiger partial charge on any atom is 0.218 e. The lowest BCUT2D eigenvalue weighted by Crippen LogP contribution is -2.18. The molecule has 0 aliphatic heterocycles. The molecule has 38 heavy (non-hydrogen) atoms. The summed E-state index contributed by atoms with van der Waals surface area (Å²) in [5.74, 6) is 0.589. The van der Waals surface area contributed by atoms with E-state index in [0.29, 0.717) is 25.5 Å². The van der Waals surface area contributed by atoms with Crippen molar-refractivity contribution in [3.63, 3.8) is 0 Å². The zero-order valence-corrected chi connectivity index (χ0v) is 22.4. The Morgan fingerprint density at radius 3 is 1.89 bits per heavy atom. The highest BCUT2D eigenvalue weighted by Crippen LogP contribution is 2.37. The number of hydrogen-bond acceptors (Lipinski definition) is 6. The average Bonchev–Trinajstić information content (AvgIpc) is 2.94. The van der Waals surface area contributed by atoms with Gasteiger partial charge in [0.05, 0.1) is 26.0 Å². The van der Waals surface area contributed by atoms with Gasteiger partial charge in [-0.3, -0.25) is 0 Å². The van der Waals surface area contributed by atoms with Gasteiger partial charge in [0.2, 0.25) is 5.88 Å². The summed E-state index contributed by atoms with van der Waals surface area (Å²) in [6.45, 7) is 7.01. The highest BCUT2D eigenvalue weighted by molar-refractivity contribution is 5.83. The minimum atomic E-state index is 0.0919. The van der Waals surface area contributed by atoms with E-state index in [9.17, 15) is 0 Å². The van der Waals surface area contributed by atoms with E-state index in [1.165, 1.54) is 38.9 Å². The number of benzene rings is 3. The van der Waals surface area contributed by atoms with Crippen molar-refractivity contribution in [3.8, 4) is 39.4 Å². The van der Waals surface area contributed by atoms with Crippen molar-refractivity contribution in [1.29, 1.82) is 0 Å². The van der Waals surface area contributed by atoms with Crippen molar-refractivity contribution in [2.45, 2.75) is 26.9 Å². The predicted molar refractivity (Wildman–Crippen MR) is 154 cm³/mol. The Morgan fingerprint density at radius 2 is 1.26 bits per heavy atom. The van der Waals surface area contributed by atoms with E-state index in [1.54, 1.807) is 7.11 Å². The zero-order chi connectivity index (χ0) is 26.9. The van der Waals surface area contributed by atoms with Crippen LogP contribution < -0.4 is 15.4 Å². The molecule has 0 spiro atoms. The van der Waals surface area contributed by atoms with Crippen molar-refractivity contribution in [2.24, 2.45) is 0 Å². The number of pyridine rings is 1. The zero-order valence-electron chi connectivity index (χ0n) is 22.4. The first-order valence-electron chi connectivity index (χ1n) is 13.0. The lowest BCUT2D eigenvalue weighted by Gasteiger charge is -2.17. The topological polar surface area (TPSA) is 86.6 Å². The molecular weight excluding hydrogens is 474 g/mol. The molecule has 1 aromatic heterocycles. The monoisotopic (exact) mass is 511 g/mol. The molecule has 1 heterocycles. The Morgan fingerprint density at radius 1 is 0.684 bits per heavy atom. The third kappa shape index (κ3) is 6.29. The van der Waals surface area contributed by atoms with Gasteiger partial charge in [-0.2, -0.15) is 0 Å². The van der Waals surface area contributed by atoms with Crippen LogP contribution in [0.1, 0.15) is 22.3 Å². The van der Waals surface area contributed by atoms with Crippen LogP contribution in [0.15, 0.2) is 72.8 Å².